The van der Waals surface area contributed by atoms with Crippen LogP contribution in [0, 0.1) is 22.7 Å². The summed E-state index contributed by atoms with van der Waals surface area (Å²) in [4.78, 5) is 0. The van der Waals surface area contributed by atoms with E-state index in [1.807, 2.05) is 0 Å². The molecular formula is C10H15N. The maximum atomic E-state index is 8.87. The van der Waals surface area contributed by atoms with Crippen LogP contribution in [0.3, 0.4) is 0 Å². The fraction of sp³-hybridized carbons (Fsp3) is 0.700. The molecule has 1 nitrogen and oxygen atoms in total. The maximum Gasteiger partial charge on any atom is 0.0664 e. The standard InChI is InChI=1S/C10H15N/c1-10(2)7-5-3-4-6-9(10)8-11/h5,7,9H,3-4,6H2,1-2H3. The van der Waals surface area contributed by atoms with E-state index < -0.39 is 0 Å². The number of allylic oxidation sites excluding steroid dienone is 2. The van der Waals surface area contributed by atoms with Crippen molar-refractivity contribution in [1.29, 1.82) is 5.26 Å². The second kappa shape index (κ2) is 3.09. The predicted molar refractivity (Wildman–Crippen MR) is 45.9 cm³/mol. The third-order valence-electron chi connectivity index (χ3n) is 2.46. The Hall–Kier alpha value is -0.770. The van der Waals surface area contributed by atoms with E-state index in [0.29, 0.717) is 0 Å². The Morgan fingerprint density at radius 1 is 1.55 bits per heavy atom. The molecule has 0 aliphatic heterocycles. The van der Waals surface area contributed by atoms with Crippen LogP contribution >= 0.6 is 0 Å². The summed E-state index contributed by atoms with van der Waals surface area (Å²) in [7, 11) is 0. The van der Waals surface area contributed by atoms with E-state index in [1.54, 1.807) is 0 Å². The van der Waals surface area contributed by atoms with E-state index in [-0.39, 0.29) is 11.3 Å². The first-order chi connectivity index (χ1) is 5.17. The van der Waals surface area contributed by atoms with Gasteiger partial charge in [0.1, 0.15) is 0 Å². The summed E-state index contributed by atoms with van der Waals surface area (Å²) in [5.41, 5.74) is 0.0885. The SMILES string of the molecule is CC1(C)C=CCCCC1C#N. The number of hydrogen-bond donors (Lipinski definition) is 0. The Balaban J connectivity index is 2.78. The summed E-state index contributed by atoms with van der Waals surface area (Å²) in [6, 6.07) is 2.38. The van der Waals surface area contributed by atoms with Crippen molar-refractivity contribution in [2.45, 2.75) is 33.1 Å². The van der Waals surface area contributed by atoms with Crippen molar-refractivity contribution in [1.82, 2.24) is 0 Å². The van der Waals surface area contributed by atoms with Crippen LogP contribution in [-0.2, 0) is 0 Å². The smallest absolute Gasteiger partial charge is 0.0664 e. The Morgan fingerprint density at radius 3 is 2.91 bits per heavy atom. The number of nitrogens with zero attached hydrogens (tertiary/aromatic N) is 1. The molecule has 1 aliphatic carbocycles. The molecule has 0 amide bonds. The molecule has 0 heterocycles. The number of hydrogen-bond acceptors (Lipinski definition) is 1. The molecule has 0 aromatic carbocycles. The third kappa shape index (κ3) is 1.83. The summed E-state index contributed by atoms with van der Waals surface area (Å²) in [5.74, 6) is 0.209. The van der Waals surface area contributed by atoms with Crippen molar-refractivity contribution in [2.24, 2.45) is 11.3 Å². The summed E-state index contributed by atoms with van der Waals surface area (Å²) >= 11 is 0. The van der Waals surface area contributed by atoms with E-state index in [0.717, 1.165) is 19.3 Å². The molecule has 1 atom stereocenters. The first-order valence-electron chi connectivity index (χ1n) is 4.24. The Bertz CT molecular complexity index is 195. The molecule has 0 aromatic rings. The van der Waals surface area contributed by atoms with Gasteiger partial charge in [0, 0.05) is 0 Å². The van der Waals surface area contributed by atoms with Crippen molar-refractivity contribution >= 4 is 0 Å². The van der Waals surface area contributed by atoms with Crippen molar-refractivity contribution in [2.75, 3.05) is 0 Å². The van der Waals surface area contributed by atoms with Gasteiger partial charge in [-0.25, -0.2) is 0 Å². The second-order valence-corrected chi connectivity index (χ2v) is 3.84. The van der Waals surface area contributed by atoms with Gasteiger partial charge < -0.3 is 0 Å². The molecule has 0 fully saturated rings. The quantitative estimate of drug-likeness (QED) is 0.486. The average Bonchev–Trinajstić information content (AvgIpc) is 2.10. The van der Waals surface area contributed by atoms with Crippen LogP contribution in [0.1, 0.15) is 33.1 Å². The maximum absolute atomic E-state index is 8.87. The van der Waals surface area contributed by atoms with Crippen LogP contribution in [0.25, 0.3) is 0 Å². The van der Waals surface area contributed by atoms with E-state index in [2.05, 4.69) is 32.1 Å². The van der Waals surface area contributed by atoms with Gasteiger partial charge >= 0.3 is 0 Å². The third-order valence-corrected chi connectivity index (χ3v) is 2.46. The molecule has 1 heteroatoms. The van der Waals surface area contributed by atoms with E-state index in [1.165, 1.54) is 0 Å². The lowest BCUT2D eigenvalue weighted by atomic mass is 9.78. The second-order valence-electron chi connectivity index (χ2n) is 3.84. The summed E-state index contributed by atoms with van der Waals surface area (Å²) in [6.07, 6.45) is 7.75. The van der Waals surface area contributed by atoms with Crippen LogP contribution in [0.4, 0.5) is 0 Å². The van der Waals surface area contributed by atoms with Crippen molar-refractivity contribution in [3.8, 4) is 6.07 Å². The van der Waals surface area contributed by atoms with Crippen LogP contribution in [0.15, 0.2) is 12.2 Å². The van der Waals surface area contributed by atoms with Gasteiger partial charge in [-0.3, -0.25) is 0 Å². The Labute approximate surface area is 68.7 Å². The van der Waals surface area contributed by atoms with Crippen LogP contribution in [0.2, 0.25) is 0 Å². The summed E-state index contributed by atoms with van der Waals surface area (Å²) in [6.45, 7) is 4.28. The molecule has 0 radical (unpaired) electrons. The van der Waals surface area contributed by atoms with Gasteiger partial charge in [0.05, 0.1) is 12.0 Å². The highest BCUT2D eigenvalue weighted by Gasteiger charge is 2.27. The van der Waals surface area contributed by atoms with Crippen molar-refractivity contribution in [3.63, 3.8) is 0 Å². The molecule has 0 aromatic heterocycles. The van der Waals surface area contributed by atoms with E-state index in [4.69, 9.17) is 5.26 Å². The van der Waals surface area contributed by atoms with Gasteiger partial charge in [-0.2, -0.15) is 5.26 Å². The fourth-order valence-electron chi connectivity index (χ4n) is 1.55. The average molecular weight is 149 g/mol. The van der Waals surface area contributed by atoms with Crippen LogP contribution in [0.5, 0.6) is 0 Å². The molecule has 0 saturated heterocycles. The molecular weight excluding hydrogens is 134 g/mol. The molecule has 11 heavy (non-hydrogen) atoms. The fourth-order valence-corrected chi connectivity index (χ4v) is 1.55. The van der Waals surface area contributed by atoms with Gasteiger partial charge in [-0.1, -0.05) is 26.0 Å². The van der Waals surface area contributed by atoms with Gasteiger partial charge in [0.2, 0.25) is 0 Å². The predicted octanol–water partition coefficient (Wildman–Crippen LogP) is 2.89. The van der Waals surface area contributed by atoms with Gasteiger partial charge in [0.25, 0.3) is 0 Å². The monoisotopic (exact) mass is 149 g/mol. The van der Waals surface area contributed by atoms with Crippen LogP contribution < -0.4 is 0 Å². The molecule has 60 valence electrons. The lowest BCUT2D eigenvalue weighted by Crippen LogP contribution is -2.18. The molecule has 1 aliphatic rings. The highest BCUT2D eigenvalue weighted by atomic mass is 14.4. The van der Waals surface area contributed by atoms with Crippen molar-refractivity contribution < 1.29 is 0 Å². The zero-order chi connectivity index (χ0) is 8.32. The minimum Gasteiger partial charge on any atom is -0.198 e. The van der Waals surface area contributed by atoms with Gasteiger partial charge in [0.15, 0.2) is 0 Å². The van der Waals surface area contributed by atoms with Gasteiger partial charge in [-0.05, 0) is 24.7 Å². The first-order valence-corrected chi connectivity index (χ1v) is 4.24. The number of rotatable bonds is 0. The molecule has 0 spiro atoms. The van der Waals surface area contributed by atoms with E-state index in [9.17, 15) is 0 Å². The first kappa shape index (κ1) is 8.33. The molecule has 1 unspecified atom stereocenters. The van der Waals surface area contributed by atoms with E-state index >= 15 is 0 Å². The molecule has 1 rings (SSSR count). The minimum atomic E-state index is 0.0885. The molecule has 0 bridgehead atoms. The topological polar surface area (TPSA) is 23.8 Å². The Kier molecular flexibility index (Phi) is 2.34. The zero-order valence-electron chi connectivity index (χ0n) is 7.30. The largest absolute Gasteiger partial charge is 0.198 e. The van der Waals surface area contributed by atoms with Crippen LogP contribution in [-0.4, -0.2) is 0 Å². The lowest BCUT2D eigenvalue weighted by Gasteiger charge is -2.24. The summed E-state index contributed by atoms with van der Waals surface area (Å²) in [5, 5.41) is 8.87. The van der Waals surface area contributed by atoms with Gasteiger partial charge in [-0.15, -0.1) is 0 Å². The highest BCUT2D eigenvalue weighted by Crippen LogP contribution is 2.34. The van der Waals surface area contributed by atoms with Crippen molar-refractivity contribution in [3.05, 3.63) is 12.2 Å². The molecule has 0 saturated carbocycles. The number of nitriles is 1. The minimum absolute atomic E-state index is 0.0885. The molecule has 0 N–H and O–H groups in total. The zero-order valence-corrected chi connectivity index (χ0v) is 7.30. The lowest BCUT2D eigenvalue weighted by molar-refractivity contribution is 0.336. The summed E-state index contributed by atoms with van der Waals surface area (Å²) < 4.78 is 0. The Morgan fingerprint density at radius 2 is 2.27 bits per heavy atom. The normalized spacial score (nSPS) is 29.0. The highest BCUT2D eigenvalue weighted by molar-refractivity contribution is 5.07.